The van der Waals surface area contributed by atoms with E-state index in [0.29, 0.717) is 38.9 Å². The molecular weight excluding hydrogens is 463 g/mol. The Hall–Kier alpha value is -3.03. The largest absolute Gasteiger partial charge is 0.507 e. The van der Waals surface area contributed by atoms with Crippen LogP contribution in [0.2, 0.25) is 10.0 Å². The highest BCUT2D eigenvalue weighted by atomic mass is 35.5. The number of carbonyl (C=O) groups is 1. The maximum Gasteiger partial charge on any atom is 0.387 e. The first-order valence-electron chi connectivity index (χ1n) is 9.45. The van der Waals surface area contributed by atoms with Gasteiger partial charge in [-0.2, -0.15) is 8.78 Å². The lowest BCUT2D eigenvalue weighted by atomic mass is 9.98. The van der Waals surface area contributed by atoms with Gasteiger partial charge in [-0.15, -0.1) is 0 Å². The minimum atomic E-state index is -2.95. The number of hydrogen-bond acceptors (Lipinski definition) is 4. The molecule has 9 heteroatoms. The molecule has 0 bridgehead atoms. The maximum atomic E-state index is 12.5. The van der Waals surface area contributed by atoms with Gasteiger partial charge < -0.3 is 19.9 Å². The first kappa shape index (κ1) is 23.6. The lowest BCUT2D eigenvalue weighted by Crippen LogP contribution is -2.24. The van der Waals surface area contributed by atoms with Crippen molar-refractivity contribution in [1.29, 1.82) is 0 Å². The molecule has 0 heterocycles. The molecule has 0 saturated carbocycles. The van der Waals surface area contributed by atoms with Crippen LogP contribution in [0.25, 0.3) is 11.1 Å². The number of amides is 1. The van der Waals surface area contributed by atoms with Crippen LogP contribution in [0.15, 0.2) is 54.6 Å². The van der Waals surface area contributed by atoms with Crippen LogP contribution in [0.3, 0.4) is 0 Å². The molecule has 1 amide bonds. The van der Waals surface area contributed by atoms with Crippen LogP contribution in [-0.4, -0.2) is 31.3 Å². The summed E-state index contributed by atoms with van der Waals surface area (Å²) in [6.07, 6.45) is 0.341. The summed E-state index contributed by atoms with van der Waals surface area (Å²) in [6, 6.07) is 14.1. The van der Waals surface area contributed by atoms with Crippen molar-refractivity contribution in [2.24, 2.45) is 0 Å². The lowest BCUT2D eigenvalue weighted by Gasteiger charge is -2.13. The second-order valence-electron chi connectivity index (χ2n) is 6.76. The number of benzene rings is 3. The Bertz CT molecular complexity index is 1100. The summed E-state index contributed by atoms with van der Waals surface area (Å²) in [7, 11) is 1.50. The number of halogens is 4. The molecule has 3 rings (SSSR count). The normalized spacial score (nSPS) is 10.8. The molecule has 0 atom stereocenters. The third kappa shape index (κ3) is 6.02. The standard InChI is InChI=1S/C23H19Cl2F2NO4/c1-28-22(30)12-31-16-10-19(24)18(20(25)11-16)8-13-5-6-21(29)17(7-13)14-3-2-4-15(9-14)32-23(26)27/h2-7,9-11,23,29H,8,12H2,1H3,(H,28,30). The van der Waals surface area contributed by atoms with E-state index >= 15 is 0 Å². The van der Waals surface area contributed by atoms with Crippen molar-refractivity contribution < 1.29 is 28.2 Å². The fourth-order valence-electron chi connectivity index (χ4n) is 3.02. The number of nitrogens with one attached hydrogen (secondary N) is 1. The van der Waals surface area contributed by atoms with Gasteiger partial charge in [-0.3, -0.25) is 4.79 Å². The third-order valence-electron chi connectivity index (χ3n) is 4.58. The van der Waals surface area contributed by atoms with Gasteiger partial charge in [-0.1, -0.05) is 41.4 Å². The van der Waals surface area contributed by atoms with Crippen molar-refractivity contribution in [3.05, 3.63) is 75.8 Å². The summed E-state index contributed by atoms with van der Waals surface area (Å²) in [5.41, 5.74) is 2.37. The number of aromatic hydroxyl groups is 1. The van der Waals surface area contributed by atoms with Crippen LogP contribution in [0.5, 0.6) is 17.2 Å². The molecular formula is C23H19Cl2F2NO4. The minimum Gasteiger partial charge on any atom is -0.507 e. The van der Waals surface area contributed by atoms with E-state index in [1.807, 2.05) is 0 Å². The zero-order valence-electron chi connectivity index (χ0n) is 16.9. The van der Waals surface area contributed by atoms with E-state index in [1.165, 1.54) is 25.2 Å². The van der Waals surface area contributed by atoms with E-state index in [9.17, 15) is 18.7 Å². The molecule has 32 heavy (non-hydrogen) atoms. The third-order valence-corrected chi connectivity index (χ3v) is 5.25. The number of alkyl halides is 2. The first-order chi connectivity index (χ1) is 15.3. The Kier molecular flexibility index (Phi) is 7.77. The molecule has 2 N–H and O–H groups in total. The van der Waals surface area contributed by atoms with Crippen molar-refractivity contribution in [2.75, 3.05) is 13.7 Å². The molecule has 0 aromatic heterocycles. The zero-order chi connectivity index (χ0) is 23.3. The molecule has 5 nitrogen and oxygen atoms in total. The highest BCUT2D eigenvalue weighted by molar-refractivity contribution is 6.36. The molecule has 0 aliphatic rings. The van der Waals surface area contributed by atoms with E-state index < -0.39 is 6.61 Å². The summed E-state index contributed by atoms with van der Waals surface area (Å²) in [5, 5.41) is 13.5. The predicted octanol–water partition coefficient (Wildman–Crippen LogP) is 5.68. The van der Waals surface area contributed by atoms with E-state index in [4.69, 9.17) is 27.9 Å². The molecule has 3 aromatic carbocycles. The van der Waals surface area contributed by atoms with Crippen LogP contribution in [-0.2, 0) is 11.2 Å². The van der Waals surface area contributed by atoms with Crippen LogP contribution >= 0.6 is 23.2 Å². The summed E-state index contributed by atoms with van der Waals surface area (Å²) in [5.74, 6) is 0.0365. The zero-order valence-corrected chi connectivity index (χ0v) is 18.4. The van der Waals surface area contributed by atoms with Gasteiger partial charge >= 0.3 is 6.61 Å². The van der Waals surface area contributed by atoms with Crippen molar-refractivity contribution in [3.63, 3.8) is 0 Å². The van der Waals surface area contributed by atoms with E-state index in [1.54, 1.807) is 36.4 Å². The van der Waals surface area contributed by atoms with Crippen molar-refractivity contribution in [3.8, 4) is 28.4 Å². The van der Waals surface area contributed by atoms with Crippen molar-refractivity contribution in [1.82, 2.24) is 5.32 Å². The van der Waals surface area contributed by atoms with Crippen molar-refractivity contribution >= 4 is 29.1 Å². The fraction of sp³-hybridized carbons (Fsp3) is 0.174. The molecule has 0 aliphatic carbocycles. The van der Waals surface area contributed by atoms with Gasteiger partial charge in [-0.05, 0) is 53.1 Å². The van der Waals surface area contributed by atoms with E-state index in [2.05, 4.69) is 10.1 Å². The Morgan fingerprint density at radius 1 is 1.06 bits per heavy atom. The summed E-state index contributed by atoms with van der Waals surface area (Å²) in [6.45, 7) is -3.11. The van der Waals surface area contributed by atoms with Crippen LogP contribution in [0.1, 0.15) is 11.1 Å². The second kappa shape index (κ2) is 10.5. The van der Waals surface area contributed by atoms with Crippen LogP contribution in [0.4, 0.5) is 8.78 Å². The molecule has 0 unspecified atom stereocenters. The summed E-state index contributed by atoms with van der Waals surface area (Å²) in [4.78, 5) is 11.3. The number of rotatable bonds is 8. The summed E-state index contributed by atoms with van der Waals surface area (Å²) < 4.78 is 34.9. The van der Waals surface area contributed by atoms with Crippen molar-refractivity contribution in [2.45, 2.75) is 13.0 Å². The van der Waals surface area contributed by atoms with Crippen LogP contribution < -0.4 is 14.8 Å². The Labute approximate surface area is 193 Å². The van der Waals surface area contributed by atoms with Gasteiger partial charge in [0.05, 0.1) is 0 Å². The Morgan fingerprint density at radius 3 is 2.44 bits per heavy atom. The number of ether oxygens (including phenoxy) is 2. The molecule has 0 spiro atoms. The lowest BCUT2D eigenvalue weighted by molar-refractivity contribution is -0.122. The molecule has 3 aromatic rings. The molecule has 0 aliphatic heterocycles. The van der Waals surface area contributed by atoms with Gasteiger partial charge in [0.2, 0.25) is 0 Å². The highest BCUT2D eigenvalue weighted by Gasteiger charge is 2.14. The first-order valence-corrected chi connectivity index (χ1v) is 10.2. The monoisotopic (exact) mass is 481 g/mol. The Morgan fingerprint density at radius 2 is 1.78 bits per heavy atom. The van der Waals surface area contributed by atoms with Gasteiger partial charge in [0.15, 0.2) is 6.61 Å². The molecule has 0 saturated heterocycles. The maximum absolute atomic E-state index is 12.5. The fourth-order valence-corrected chi connectivity index (χ4v) is 3.62. The van der Waals surface area contributed by atoms with Gasteiger partial charge in [-0.25, -0.2) is 0 Å². The minimum absolute atomic E-state index is 0.0132. The molecule has 0 radical (unpaired) electrons. The molecule has 0 fully saturated rings. The Balaban J connectivity index is 1.86. The quantitative estimate of drug-likeness (QED) is 0.434. The van der Waals surface area contributed by atoms with Gasteiger partial charge in [0.25, 0.3) is 5.91 Å². The number of phenols is 1. The SMILES string of the molecule is CNC(=O)COc1cc(Cl)c(Cc2ccc(O)c(-c3cccc(OC(F)F)c3)c2)c(Cl)c1. The van der Waals surface area contributed by atoms with E-state index in [-0.39, 0.29) is 24.0 Å². The molecule has 168 valence electrons. The number of likely N-dealkylation sites (N-methyl/N-ethyl adjacent to an activating group) is 1. The number of phenolic OH excluding ortho intramolecular Hbond substituents is 1. The van der Waals surface area contributed by atoms with Gasteiger partial charge in [0.1, 0.15) is 17.2 Å². The topological polar surface area (TPSA) is 67.8 Å². The number of hydrogen-bond donors (Lipinski definition) is 2. The smallest absolute Gasteiger partial charge is 0.387 e. The van der Waals surface area contributed by atoms with Gasteiger partial charge in [0, 0.05) is 29.1 Å². The average Bonchev–Trinajstić information content (AvgIpc) is 2.75. The summed E-state index contributed by atoms with van der Waals surface area (Å²) >= 11 is 12.8. The highest BCUT2D eigenvalue weighted by Crippen LogP contribution is 2.36. The predicted molar refractivity (Wildman–Crippen MR) is 119 cm³/mol. The second-order valence-corrected chi connectivity index (χ2v) is 7.58. The number of carbonyl (C=O) groups excluding carboxylic acids is 1. The van der Waals surface area contributed by atoms with Crippen LogP contribution in [0, 0.1) is 0 Å². The average molecular weight is 482 g/mol. The van der Waals surface area contributed by atoms with E-state index in [0.717, 1.165) is 5.56 Å².